The van der Waals surface area contributed by atoms with E-state index in [1.165, 1.54) is 0 Å². The molecule has 140 valence electrons. The normalized spacial score (nSPS) is 18.7. The predicted molar refractivity (Wildman–Crippen MR) is 103 cm³/mol. The molecule has 2 aromatic carbocycles. The van der Waals surface area contributed by atoms with E-state index in [4.69, 9.17) is 19.6 Å². The van der Waals surface area contributed by atoms with Crippen molar-refractivity contribution in [1.29, 1.82) is 0 Å². The van der Waals surface area contributed by atoms with Crippen molar-refractivity contribution < 1.29 is 19.4 Å². The van der Waals surface area contributed by atoms with Crippen molar-refractivity contribution in [2.24, 2.45) is 4.99 Å². The Kier molecular flexibility index (Phi) is 3.81. The largest absolute Gasteiger partial charge is 0.511 e. The van der Waals surface area contributed by atoms with Crippen LogP contribution >= 0.6 is 0 Å². The quantitative estimate of drug-likeness (QED) is 0.622. The fourth-order valence-corrected chi connectivity index (χ4v) is 4.04. The highest BCUT2D eigenvalue weighted by Gasteiger charge is 2.40. The third kappa shape index (κ3) is 3.18. The summed E-state index contributed by atoms with van der Waals surface area (Å²) in [5, 5.41) is 9.16. The van der Waals surface area contributed by atoms with E-state index >= 15 is 0 Å². The maximum Gasteiger partial charge on any atom is 0.511 e. The number of carbonyl (C=O) groups is 1. The maximum atomic E-state index is 11.2. The molecule has 0 radical (unpaired) electrons. The number of nitrogens with zero attached hydrogens (tertiary/aromatic N) is 1. The number of hydrogen-bond donors (Lipinski definition) is 1. The van der Waals surface area contributed by atoms with E-state index in [1.807, 2.05) is 38.1 Å². The molecule has 0 amide bonds. The molecule has 2 aromatic rings. The number of ether oxygens (including phenoxy) is 2. The first kappa shape index (κ1) is 17.6. The van der Waals surface area contributed by atoms with Gasteiger partial charge in [0.2, 0.25) is 0 Å². The number of aliphatic imine (C=N–C) groups is 1. The molecule has 2 aliphatic rings. The molecule has 0 atom stereocenters. The van der Waals surface area contributed by atoms with E-state index in [0.29, 0.717) is 18.6 Å². The molecule has 27 heavy (non-hydrogen) atoms. The van der Waals surface area contributed by atoms with Crippen molar-refractivity contribution in [3.63, 3.8) is 0 Å². The second-order valence-corrected chi connectivity index (χ2v) is 8.44. The van der Waals surface area contributed by atoms with Crippen LogP contribution in [0.4, 0.5) is 4.79 Å². The molecule has 5 heteroatoms. The van der Waals surface area contributed by atoms with Gasteiger partial charge in [0.15, 0.2) is 11.5 Å². The second-order valence-electron chi connectivity index (χ2n) is 8.44. The van der Waals surface area contributed by atoms with Crippen LogP contribution in [0, 0.1) is 0 Å². The van der Waals surface area contributed by atoms with E-state index in [9.17, 15) is 4.79 Å². The second kappa shape index (κ2) is 5.84. The molecule has 0 saturated heterocycles. The van der Waals surface area contributed by atoms with Gasteiger partial charge < -0.3 is 14.6 Å². The summed E-state index contributed by atoms with van der Waals surface area (Å²) < 4.78 is 11.2. The number of carboxylic acid groups (broad SMARTS) is 1. The average molecular weight is 365 g/mol. The highest BCUT2D eigenvalue weighted by atomic mass is 16.7. The van der Waals surface area contributed by atoms with Crippen LogP contribution in [0.1, 0.15) is 49.9 Å². The Labute approximate surface area is 158 Å². The molecule has 0 aromatic heterocycles. The first-order valence-electron chi connectivity index (χ1n) is 9.09. The van der Waals surface area contributed by atoms with Gasteiger partial charge in [0.05, 0.1) is 11.3 Å². The van der Waals surface area contributed by atoms with E-state index in [0.717, 1.165) is 28.0 Å². The summed E-state index contributed by atoms with van der Waals surface area (Å²) in [6.45, 7) is 8.17. The minimum atomic E-state index is -1.34. The first-order chi connectivity index (χ1) is 12.7. The first-order valence-corrected chi connectivity index (χ1v) is 9.09. The zero-order valence-corrected chi connectivity index (χ0v) is 16.0. The molecule has 0 saturated carbocycles. The van der Waals surface area contributed by atoms with Gasteiger partial charge in [0, 0.05) is 23.1 Å². The van der Waals surface area contributed by atoms with E-state index in [2.05, 4.69) is 26.0 Å². The Morgan fingerprint density at radius 2 is 1.85 bits per heavy atom. The van der Waals surface area contributed by atoms with Gasteiger partial charge in [0.25, 0.3) is 0 Å². The Hall–Kier alpha value is -2.82. The van der Waals surface area contributed by atoms with Crippen molar-refractivity contribution >= 4 is 11.9 Å². The topological polar surface area (TPSA) is 68.1 Å². The molecule has 5 nitrogen and oxygen atoms in total. The van der Waals surface area contributed by atoms with Crippen LogP contribution < -0.4 is 9.47 Å². The van der Waals surface area contributed by atoms with Crippen molar-refractivity contribution in [2.75, 3.05) is 0 Å². The lowest BCUT2D eigenvalue weighted by molar-refractivity contribution is 0.123. The van der Waals surface area contributed by atoms with E-state index < -0.39 is 11.8 Å². The molecule has 0 fully saturated rings. The minimum absolute atomic E-state index is 0.270. The fraction of sp³-hybridized carbons (Fsp3) is 0.364. The average Bonchev–Trinajstić information content (AvgIpc) is 2.89. The lowest BCUT2D eigenvalue weighted by Gasteiger charge is -2.31. The van der Waals surface area contributed by atoms with Gasteiger partial charge in [0.1, 0.15) is 5.60 Å². The highest BCUT2D eigenvalue weighted by molar-refractivity contribution is 6.16. The Balaban J connectivity index is 1.98. The molecule has 0 spiro atoms. The molecule has 0 aliphatic carbocycles. The predicted octanol–water partition coefficient (Wildman–Crippen LogP) is 4.63. The zero-order chi connectivity index (χ0) is 19.4. The number of benzene rings is 2. The van der Waals surface area contributed by atoms with Gasteiger partial charge in [-0.2, -0.15) is 0 Å². The molecule has 2 heterocycles. The summed E-state index contributed by atoms with van der Waals surface area (Å²) in [4.78, 5) is 16.3. The minimum Gasteiger partial charge on any atom is -0.483 e. The van der Waals surface area contributed by atoms with Crippen LogP contribution in [0.25, 0.3) is 0 Å². The molecule has 2 aliphatic heterocycles. The van der Waals surface area contributed by atoms with Crippen molar-refractivity contribution in [3.05, 3.63) is 58.7 Å². The zero-order valence-electron chi connectivity index (χ0n) is 16.0. The summed E-state index contributed by atoms with van der Waals surface area (Å²) in [7, 11) is 0. The van der Waals surface area contributed by atoms with Crippen LogP contribution in [0.2, 0.25) is 0 Å². The van der Waals surface area contributed by atoms with Crippen LogP contribution in [-0.2, 0) is 12.8 Å². The SMILES string of the molecule is CC1(C)Cc2cc(OC(=O)O)c3c(c2C(c2ccccc2)=N1)CC(C)(C)O3. The van der Waals surface area contributed by atoms with Gasteiger partial charge in [-0.05, 0) is 45.7 Å². The third-order valence-electron chi connectivity index (χ3n) is 4.93. The van der Waals surface area contributed by atoms with Gasteiger partial charge in [-0.15, -0.1) is 0 Å². The van der Waals surface area contributed by atoms with Gasteiger partial charge >= 0.3 is 6.16 Å². The standard InChI is InChI=1S/C22H23NO4/c1-21(2)11-14-10-16(26-20(24)25)19-15(12-22(3,4)27-19)17(14)18(23-21)13-8-6-5-7-9-13/h5-10H,11-12H2,1-4H3,(H,24,25). The third-order valence-corrected chi connectivity index (χ3v) is 4.93. The Morgan fingerprint density at radius 1 is 1.15 bits per heavy atom. The molecule has 0 unspecified atom stereocenters. The maximum absolute atomic E-state index is 11.2. The van der Waals surface area contributed by atoms with Crippen molar-refractivity contribution in [3.8, 4) is 11.5 Å². The van der Waals surface area contributed by atoms with Crippen LogP contribution in [-0.4, -0.2) is 28.1 Å². The van der Waals surface area contributed by atoms with Gasteiger partial charge in [-0.25, -0.2) is 4.79 Å². The molecule has 1 N–H and O–H groups in total. The number of rotatable bonds is 2. The lowest BCUT2D eigenvalue weighted by Crippen LogP contribution is -2.30. The number of hydrogen-bond acceptors (Lipinski definition) is 4. The van der Waals surface area contributed by atoms with Gasteiger partial charge in [-0.3, -0.25) is 4.99 Å². The summed E-state index contributed by atoms with van der Waals surface area (Å²) in [5.41, 5.74) is 4.34. The lowest BCUT2D eigenvalue weighted by atomic mass is 9.81. The van der Waals surface area contributed by atoms with Gasteiger partial charge in [-0.1, -0.05) is 30.3 Å². The Bertz CT molecular complexity index is 958. The Morgan fingerprint density at radius 3 is 2.52 bits per heavy atom. The van der Waals surface area contributed by atoms with E-state index in [-0.39, 0.29) is 11.3 Å². The number of fused-ring (bicyclic) bond motifs is 3. The molecule has 0 bridgehead atoms. The van der Waals surface area contributed by atoms with Crippen LogP contribution in [0.15, 0.2) is 41.4 Å². The fourth-order valence-electron chi connectivity index (χ4n) is 4.04. The summed E-state index contributed by atoms with van der Waals surface area (Å²) >= 11 is 0. The smallest absolute Gasteiger partial charge is 0.483 e. The van der Waals surface area contributed by atoms with E-state index in [1.54, 1.807) is 0 Å². The molecule has 4 rings (SSSR count). The molecular weight excluding hydrogens is 342 g/mol. The van der Waals surface area contributed by atoms with Crippen LogP contribution in [0.3, 0.4) is 0 Å². The van der Waals surface area contributed by atoms with Crippen molar-refractivity contribution in [1.82, 2.24) is 0 Å². The highest BCUT2D eigenvalue weighted by Crippen LogP contribution is 2.48. The summed E-state index contributed by atoms with van der Waals surface area (Å²) in [6.07, 6.45) is 0.0494. The van der Waals surface area contributed by atoms with Crippen molar-refractivity contribution in [2.45, 2.75) is 51.7 Å². The van der Waals surface area contributed by atoms with Crippen LogP contribution in [0.5, 0.6) is 11.5 Å². The molecular formula is C22H23NO4. The monoisotopic (exact) mass is 365 g/mol. The summed E-state index contributed by atoms with van der Waals surface area (Å²) in [6, 6.07) is 11.9. The summed E-state index contributed by atoms with van der Waals surface area (Å²) in [5.74, 6) is 0.788.